The molecule has 5 rings (SSSR count). The zero-order valence-corrected chi connectivity index (χ0v) is 25.1. The number of urea groups is 1. The Bertz CT molecular complexity index is 1050. The minimum Gasteiger partial charge on any atom is -0.480 e. The van der Waals surface area contributed by atoms with Crippen LogP contribution in [-0.2, 0) is 4.79 Å². The van der Waals surface area contributed by atoms with E-state index in [0.717, 1.165) is 76.9 Å². The van der Waals surface area contributed by atoms with Crippen LogP contribution in [0.5, 0.6) is 0 Å². The Morgan fingerprint density at radius 2 is 1.54 bits per heavy atom. The fourth-order valence-electron chi connectivity index (χ4n) is 6.86. The summed E-state index contributed by atoms with van der Waals surface area (Å²) in [6, 6.07) is 20.4. The Balaban J connectivity index is 0.000000189. The van der Waals surface area contributed by atoms with E-state index in [1.54, 1.807) is 0 Å². The van der Waals surface area contributed by atoms with Gasteiger partial charge in [0.2, 0.25) is 0 Å². The third kappa shape index (κ3) is 9.04. The van der Waals surface area contributed by atoms with Crippen molar-refractivity contribution < 1.29 is 14.7 Å². The number of carboxylic acids is 1. The van der Waals surface area contributed by atoms with Crippen LogP contribution in [0.25, 0.3) is 0 Å². The zero-order valence-electron chi connectivity index (χ0n) is 25.1. The standard InChI is InChI=1S/C18H25NO2.C16H25N3O/c20-18(21)17(15-9-5-2-6-10-15)19-12-11-16(13-19)14-7-3-1-4-8-14;1-3-11-19(15-9-12-18(2)13-10-15)16(20)17-14-7-5-4-6-8-14/h1,3-4,7-8,15-17H,2,5-6,9-13H2,(H,20,21);4-8,15H,3,9-13H2,1-2H3,(H,17,20). The van der Waals surface area contributed by atoms with Gasteiger partial charge in [-0.15, -0.1) is 0 Å². The third-order valence-corrected chi connectivity index (χ3v) is 9.11. The van der Waals surface area contributed by atoms with Crippen molar-refractivity contribution in [1.29, 1.82) is 0 Å². The van der Waals surface area contributed by atoms with Crippen molar-refractivity contribution in [3.05, 3.63) is 66.2 Å². The average molecular weight is 563 g/mol. The van der Waals surface area contributed by atoms with Crippen LogP contribution in [-0.4, -0.2) is 83.7 Å². The van der Waals surface area contributed by atoms with Gasteiger partial charge in [0.15, 0.2) is 0 Å². The molecule has 1 aliphatic carbocycles. The van der Waals surface area contributed by atoms with E-state index < -0.39 is 5.97 Å². The molecule has 0 aromatic heterocycles. The molecule has 0 spiro atoms. The van der Waals surface area contributed by atoms with Gasteiger partial charge in [-0.1, -0.05) is 74.7 Å². The number of amides is 2. The minimum atomic E-state index is -0.615. The molecule has 7 nitrogen and oxygen atoms in total. The molecule has 2 heterocycles. The summed E-state index contributed by atoms with van der Waals surface area (Å²) >= 11 is 0. The van der Waals surface area contributed by atoms with Crippen LogP contribution < -0.4 is 5.32 Å². The van der Waals surface area contributed by atoms with E-state index in [4.69, 9.17) is 0 Å². The summed E-state index contributed by atoms with van der Waals surface area (Å²) < 4.78 is 0. The second-order valence-electron chi connectivity index (χ2n) is 12.1. The number of nitrogens with one attached hydrogen (secondary N) is 1. The molecule has 2 aliphatic heterocycles. The van der Waals surface area contributed by atoms with Gasteiger partial charge >= 0.3 is 12.0 Å². The lowest BCUT2D eigenvalue weighted by Crippen LogP contribution is -2.48. The lowest BCUT2D eigenvalue weighted by molar-refractivity contribution is -0.145. The van der Waals surface area contributed by atoms with Gasteiger partial charge in [-0.25, -0.2) is 4.79 Å². The van der Waals surface area contributed by atoms with Crippen LogP contribution in [0.2, 0.25) is 0 Å². The molecule has 2 unspecified atom stereocenters. The second-order valence-corrected chi connectivity index (χ2v) is 12.1. The van der Waals surface area contributed by atoms with E-state index in [0.29, 0.717) is 17.9 Å². The Hall–Kier alpha value is -2.90. The van der Waals surface area contributed by atoms with E-state index in [9.17, 15) is 14.7 Å². The van der Waals surface area contributed by atoms with E-state index in [-0.39, 0.29) is 12.1 Å². The molecule has 224 valence electrons. The first-order chi connectivity index (χ1) is 20.0. The van der Waals surface area contributed by atoms with Crippen LogP contribution in [0.15, 0.2) is 60.7 Å². The van der Waals surface area contributed by atoms with Crippen molar-refractivity contribution in [2.75, 3.05) is 45.1 Å². The monoisotopic (exact) mass is 562 g/mol. The van der Waals surface area contributed by atoms with E-state index >= 15 is 0 Å². The van der Waals surface area contributed by atoms with Gasteiger partial charge in [0, 0.05) is 24.8 Å². The first-order valence-corrected chi connectivity index (χ1v) is 15.8. The fourth-order valence-corrected chi connectivity index (χ4v) is 6.86. The topological polar surface area (TPSA) is 76.1 Å². The molecule has 2 aromatic rings. The van der Waals surface area contributed by atoms with Crippen LogP contribution in [0.1, 0.15) is 76.2 Å². The molecule has 2 aromatic carbocycles. The van der Waals surface area contributed by atoms with Crippen LogP contribution in [0.4, 0.5) is 10.5 Å². The Labute approximate surface area is 246 Å². The highest BCUT2D eigenvalue weighted by Crippen LogP contribution is 2.34. The molecule has 7 heteroatoms. The number of rotatable bonds is 8. The van der Waals surface area contributed by atoms with Crippen molar-refractivity contribution >= 4 is 17.7 Å². The number of likely N-dealkylation sites (tertiary alicyclic amines) is 2. The Morgan fingerprint density at radius 1 is 0.902 bits per heavy atom. The number of para-hydroxylation sites is 1. The van der Waals surface area contributed by atoms with Gasteiger partial charge in [-0.2, -0.15) is 0 Å². The van der Waals surface area contributed by atoms with E-state index in [1.165, 1.54) is 24.8 Å². The van der Waals surface area contributed by atoms with Gasteiger partial charge in [0.1, 0.15) is 6.04 Å². The predicted octanol–water partition coefficient (Wildman–Crippen LogP) is 6.53. The molecule has 0 bridgehead atoms. The van der Waals surface area contributed by atoms with Gasteiger partial charge in [0.25, 0.3) is 0 Å². The normalized spacial score (nSPS) is 21.5. The number of aliphatic carboxylic acids is 1. The molecule has 1 saturated carbocycles. The number of piperidine rings is 1. The number of carboxylic acid groups (broad SMARTS) is 1. The van der Waals surface area contributed by atoms with Crippen LogP contribution >= 0.6 is 0 Å². The Kier molecular flexibility index (Phi) is 12.1. The molecule has 2 amide bonds. The van der Waals surface area contributed by atoms with Crippen molar-refractivity contribution in [3.8, 4) is 0 Å². The second kappa shape index (κ2) is 15.9. The number of benzene rings is 2. The lowest BCUT2D eigenvalue weighted by Gasteiger charge is -2.37. The molecular weight excluding hydrogens is 512 g/mol. The minimum absolute atomic E-state index is 0.0348. The first kappa shape index (κ1) is 31.0. The summed E-state index contributed by atoms with van der Waals surface area (Å²) in [4.78, 5) is 30.8. The number of anilines is 1. The van der Waals surface area contributed by atoms with Gasteiger partial charge in [0.05, 0.1) is 0 Å². The third-order valence-electron chi connectivity index (χ3n) is 9.11. The summed E-state index contributed by atoms with van der Waals surface area (Å²) in [6.07, 6.45) is 10.1. The van der Waals surface area contributed by atoms with E-state index in [1.807, 2.05) is 41.3 Å². The molecule has 2 saturated heterocycles. The summed E-state index contributed by atoms with van der Waals surface area (Å²) in [5.74, 6) is 0.234. The average Bonchev–Trinajstić information content (AvgIpc) is 3.48. The highest BCUT2D eigenvalue weighted by atomic mass is 16.4. The summed E-state index contributed by atoms with van der Waals surface area (Å²) in [5, 5.41) is 12.7. The first-order valence-electron chi connectivity index (χ1n) is 15.8. The quantitative estimate of drug-likeness (QED) is 0.382. The zero-order chi connectivity index (χ0) is 29.0. The van der Waals surface area contributed by atoms with Crippen LogP contribution in [0, 0.1) is 5.92 Å². The number of hydrogen-bond donors (Lipinski definition) is 2. The highest BCUT2D eigenvalue weighted by molar-refractivity contribution is 5.89. The Morgan fingerprint density at radius 3 is 2.15 bits per heavy atom. The lowest BCUT2D eigenvalue weighted by atomic mass is 9.83. The maximum absolute atomic E-state index is 12.5. The molecule has 3 aliphatic rings. The summed E-state index contributed by atoms with van der Waals surface area (Å²) in [7, 11) is 2.14. The number of carbonyl (C=O) groups excluding carboxylic acids is 1. The van der Waals surface area contributed by atoms with E-state index in [2.05, 4.69) is 53.4 Å². The SMILES string of the molecule is CCCN(C(=O)Nc1ccccc1)C1CCN(C)CC1.O=C(O)C(C1CCCCC1)N1CCC(c2ccccc2)C1. The number of carbonyl (C=O) groups is 2. The molecule has 2 atom stereocenters. The largest absolute Gasteiger partial charge is 0.480 e. The van der Waals surface area contributed by atoms with Gasteiger partial charge in [-0.05, 0) is 94.7 Å². The smallest absolute Gasteiger partial charge is 0.322 e. The molecule has 2 N–H and O–H groups in total. The van der Waals surface area contributed by atoms with Crippen LogP contribution in [0.3, 0.4) is 0 Å². The maximum atomic E-state index is 12.5. The van der Waals surface area contributed by atoms with Gasteiger partial charge in [-0.3, -0.25) is 9.69 Å². The number of hydrogen-bond acceptors (Lipinski definition) is 4. The summed E-state index contributed by atoms with van der Waals surface area (Å²) in [5.41, 5.74) is 2.22. The van der Waals surface area contributed by atoms with Crippen molar-refractivity contribution in [3.63, 3.8) is 0 Å². The maximum Gasteiger partial charge on any atom is 0.322 e. The molecular formula is C34H50N4O3. The highest BCUT2D eigenvalue weighted by Gasteiger charge is 2.38. The van der Waals surface area contributed by atoms with Crippen molar-refractivity contribution in [2.24, 2.45) is 5.92 Å². The van der Waals surface area contributed by atoms with Gasteiger partial charge < -0.3 is 20.2 Å². The summed E-state index contributed by atoms with van der Waals surface area (Å²) in [6.45, 7) is 6.92. The molecule has 3 fully saturated rings. The van der Waals surface area contributed by atoms with Crippen molar-refractivity contribution in [2.45, 2.75) is 82.7 Å². The predicted molar refractivity (Wildman–Crippen MR) is 166 cm³/mol. The molecule has 41 heavy (non-hydrogen) atoms. The van der Waals surface area contributed by atoms with Crippen molar-refractivity contribution in [1.82, 2.24) is 14.7 Å². The fraction of sp³-hybridized carbons (Fsp3) is 0.588. The molecule has 0 radical (unpaired) electrons. The number of nitrogens with zero attached hydrogens (tertiary/aromatic N) is 3.